The molecule has 5 nitrogen and oxygen atoms in total. The number of hydrogen-bond donors (Lipinski definition) is 1. The average molecular weight is 313 g/mol. The zero-order valence-electron chi connectivity index (χ0n) is 13.1. The van der Waals surface area contributed by atoms with Crippen molar-refractivity contribution in [1.82, 2.24) is 15.1 Å². The molecule has 0 spiro atoms. The third kappa shape index (κ3) is 3.77. The van der Waals surface area contributed by atoms with E-state index in [4.69, 9.17) is 11.6 Å². The molecule has 6 heteroatoms. The summed E-state index contributed by atoms with van der Waals surface area (Å²) in [7, 11) is 0. The topological polar surface area (TPSA) is 50.2 Å². The summed E-state index contributed by atoms with van der Waals surface area (Å²) in [4.78, 5) is 14.5. The number of halogens is 1. The van der Waals surface area contributed by atoms with Gasteiger partial charge in [0.25, 0.3) is 5.56 Å². The summed E-state index contributed by atoms with van der Waals surface area (Å²) < 4.78 is 1.43. The monoisotopic (exact) mass is 312 g/mol. The molecule has 1 N–H and O–H groups in total. The van der Waals surface area contributed by atoms with E-state index in [1.165, 1.54) is 17.5 Å². The van der Waals surface area contributed by atoms with Crippen LogP contribution >= 0.6 is 11.6 Å². The van der Waals surface area contributed by atoms with E-state index in [1.54, 1.807) is 6.20 Å². The smallest absolute Gasteiger partial charge is 0.287 e. The Balaban J connectivity index is 2.27. The molecule has 1 fully saturated rings. The maximum atomic E-state index is 12.3. The lowest BCUT2D eigenvalue weighted by Gasteiger charge is -2.28. The third-order valence-electron chi connectivity index (χ3n) is 3.85. The van der Waals surface area contributed by atoms with Gasteiger partial charge in [0.2, 0.25) is 0 Å². The Bertz CT molecular complexity index is 523. The normalized spacial score (nSPS) is 18.4. The lowest BCUT2D eigenvalue weighted by molar-refractivity contribution is 0.500. The molecule has 0 saturated carbocycles. The average Bonchev–Trinajstić information content (AvgIpc) is 2.94. The fourth-order valence-electron chi connectivity index (χ4n) is 2.78. The second-order valence-corrected chi connectivity index (χ2v) is 6.30. The van der Waals surface area contributed by atoms with Crippen LogP contribution in [-0.2, 0) is 0 Å². The molecular weight excluding hydrogens is 288 g/mol. The molecule has 1 atom stereocenters. The first kappa shape index (κ1) is 16.3. The van der Waals surface area contributed by atoms with Gasteiger partial charge in [-0.05, 0) is 39.7 Å². The van der Waals surface area contributed by atoms with Gasteiger partial charge in [-0.25, -0.2) is 4.68 Å². The van der Waals surface area contributed by atoms with Crippen LogP contribution in [-0.4, -0.2) is 35.5 Å². The minimum Gasteiger partial charge on any atom is -0.367 e. The van der Waals surface area contributed by atoms with E-state index < -0.39 is 0 Å². The van der Waals surface area contributed by atoms with Gasteiger partial charge in [-0.1, -0.05) is 18.5 Å². The first-order valence-corrected chi connectivity index (χ1v) is 8.18. The molecular formula is C15H25ClN4O. The van der Waals surface area contributed by atoms with E-state index in [-0.39, 0.29) is 16.6 Å². The van der Waals surface area contributed by atoms with E-state index in [9.17, 15) is 4.79 Å². The maximum Gasteiger partial charge on any atom is 0.287 e. The standard InChI is InChI=1S/C15H25ClN4O/c1-4-8-19(10-12-6-5-7-17-12)13-9-18-20(11(2)3)15(21)14(13)16/h9,11-12,17H,4-8,10H2,1-3H3. The number of hydrogen-bond acceptors (Lipinski definition) is 4. The van der Waals surface area contributed by atoms with Gasteiger partial charge in [0.15, 0.2) is 0 Å². The van der Waals surface area contributed by atoms with Crippen LogP contribution in [0.25, 0.3) is 0 Å². The Morgan fingerprint density at radius 1 is 1.57 bits per heavy atom. The van der Waals surface area contributed by atoms with Crippen molar-refractivity contribution in [2.24, 2.45) is 0 Å². The third-order valence-corrected chi connectivity index (χ3v) is 4.21. The molecule has 1 aliphatic heterocycles. The van der Waals surface area contributed by atoms with Crippen LogP contribution < -0.4 is 15.8 Å². The highest BCUT2D eigenvalue weighted by Gasteiger charge is 2.21. The molecule has 1 aromatic rings. The number of aromatic nitrogens is 2. The molecule has 2 rings (SSSR count). The summed E-state index contributed by atoms with van der Waals surface area (Å²) in [5.41, 5.74) is 0.554. The van der Waals surface area contributed by atoms with Crippen molar-refractivity contribution in [3.05, 3.63) is 21.6 Å². The summed E-state index contributed by atoms with van der Waals surface area (Å²) in [6, 6.07) is 0.486. The van der Waals surface area contributed by atoms with Crippen molar-refractivity contribution < 1.29 is 0 Å². The van der Waals surface area contributed by atoms with Crippen LogP contribution in [0.3, 0.4) is 0 Å². The second kappa shape index (κ2) is 7.27. The Hall–Kier alpha value is -1.07. The predicted molar refractivity (Wildman–Crippen MR) is 87.4 cm³/mol. The fourth-order valence-corrected chi connectivity index (χ4v) is 3.04. The summed E-state index contributed by atoms with van der Waals surface area (Å²) in [6.07, 6.45) is 5.13. The molecule has 0 aromatic carbocycles. The molecule has 0 aliphatic carbocycles. The SMILES string of the molecule is CCCN(CC1CCCN1)c1cnn(C(C)C)c(=O)c1Cl. The second-order valence-electron chi connectivity index (χ2n) is 5.93. The van der Waals surface area contributed by atoms with Crippen molar-refractivity contribution in [3.8, 4) is 0 Å². The minimum absolute atomic E-state index is 0.0140. The van der Waals surface area contributed by atoms with E-state index >= 15 is 0 Å². The quantitative estimate of drug-likeness (QED) is 0.876. The van der Waals surface area contributed by atoms with Crippen molar-refractivity contribution in [2.45, 2.75) is 52.1 Å². The lowest BCUT2D eigenvalue weighted by Crippen LogP contribution is -2.39. The van der Waals surface area contributed by atoms with Crippen molar-refractivity contribution in [1.29, 1.82) is 0 Å². The van der Waals surface area contributed by atoms with Crippen LogP contribution in [0.4, 0.5) is 5.69 Å². The van der Waals surface area contributed by atoms with Crippen molar-refractivity contribution in [2.75, 3.05) is 24.5 Å². The molecule has 1 saturated heterocycles. The van der Waals surface area contributed by atoms with Crippen LogP contribution in [0.2, 0.25) is 5.02 Å². The molecule has 118 valence electrons. The van der Waals surface area contributed by atoms with Gasteiger partial charge in [-0.3, -0.25) is 4.79 Å². The molecule has 0 radical (unpaired) electrons. The summed E-state index contributed by atoms with van der Waals surface area (Å²) >= 11 is 6.32. The predicted octanol–water partition coefficient (Wildman–Crippen LogP) is 2.45. The number of anilines is 1. The summed E-state index contributed by atoms with van der Waals surface area (Å²) in [6.45, 7) is 8.82. The zero-order valence-corrected chi connectivity index (χ0v) is 13.9. The van der Waals surface area contributed by atoms with Gasteiger partial charge in [0, 0.05) is 19.1 Å². The maximum absolute atomic E-state index is 12.3. The van der Waals surface area contributed by atoms with E-state index in [2.05, 4.69) is 22.2 Å². The number of nitrogens with zero attached hydrogens (tertiary/aromatic N) is 3. The molecule has 0 bridgehead atoms. The van der Waals surface area contributed by atoms with Gasteiger partial charge in [-0.2, -0.15) is 5.10 Å². The fraction of sp³-hybridized carbons (Fsp3) is 0.733. The van der Waals surface area contributed by atoms with Gasteiger partial charge in [0.1, 0.15) is 5.02 Å². The Labute approximate surface area is 131 Å². The van der Waals surface area contributed by atoms with Crippen molar-refractivity contribution in [3.63, 3.8) is 0 Å². The van der Waals surface area contributed by atoms with Gasteiger partial charge >= 0.3 is 0 Å². The number of nitrogens with one attached hydrogen (secondary N) is 1. The highest BCUT2D eigenvalue weighted by atomic mass is 35.5. The van der Waals surface area contributed by atoms with Crippen LogP contribution in [0.1, 0.15) is 46.1 Å². The summed E-state index contributed by atoms with van der Waals surface area (Å²) in [5, 5.41) is 8.05. The summed E-state index contributed by atoms with van der Waals surface area (Å²) in [5.74, 6) is 0. The molecule has 1 aromatic heterocycles. The molecule has 21 heavy (non-hydrogen) atoms. The molecule has 0 amide bonds. The van der Waals surface area contributed by atoms with Crippen LogP contribution in [0.15, 0.2) is 11.0 Å². The Morgan fingerprint density at radius 2 is 2.33 bits per heavy atom. The lowest BCUT2D eigenvalue weighted by atomic mass is 10.2. The van der Waals surface area contributed by atoms with Gasteiger partial charge < -0.3 is 10.2 Å². The van der Waals surface area contributed by atoms with Crippen molar-refractivity contribution >= 4 is 17.3 Å². The molecule has 1 aliphatic rings. The Morgan fingerprint density at radius 3 is 2.90 bits per heavy atom. The largest absolute Gasteiger partial charge is 0.367 e. The van der Waals surface area contributed by atoms with E-state index in [0.29, 0.717) is 6.04 Å². The molecule has 1 unspecified atom stereocenters. The molecule has 2 heterocycles. The van der Waals surface area contributed by atoms with Gasteiger partial charge in [0.05, 0.1) is 17.9 Å². The highest BCUT2D eigenvalue weighted by Crippen LogP contribution is 2.23. The Kier molecular flexibility index (Phi) is 5.65. The first-order chi connectivity index (χ1) is 10.0. The van der Waals surface area contributed by atoms with E-state index in [0.717, 1.165) is 31.7 Å². The first-order valence-electron chi connectivity index (χ1n) is 7.80. The highest BCUT2D eigenvalue weighted by molar-refractivity contribution is 6.33. The number of rotatable bonds is 6. The van der Waals surface area contributed by atoms with Crippen LogP contribution in [0, 0.1) is 0 Å². The minimum atomic E-state index is -0.204. The van der Waals surface area contributed by atoms with Crippen LogP contribution in [0.5, 0.6) is 0 Å². The van der Waals surface area contributed by atoms with Gasteiger partial charge in [-0.15, -0.1) is 0 Å². The van der Waals surface area contributed by atoms with E-state index in [1.807, 2.05) is 13.8 Å². The zero-order chi connectivity index (χ0) is 15.4.